The van der Waals surface area contributed by atoms with Crippen LogP contribution in [0.25, 0.3) is 0 Å². The van der Waals surface area contributed by atoms with Gasteiger partial charge in [0.25, 0.3) is 5.91 Å². The molecular weight excluding hydrogens is 312 g/mol. The van der Waals surface area contributed by atoms with Gasteiger partial charge >= 0.3 is 0 Å². The van der Waals surface area contributed by atoms with Crippen LogP contribution in [0.2, 0.25) is 5.02 Å². The van der Waals surface area contributed by atoms with Crippen molar-refractivity contribution in [3.8, 4) is 0 Å². The number of amides is 1. The Hall–Kier alpha value is -1.11. The van der Waals surface area contributed by atoms with Gasteiger partial charge in [0.1, 0.15) is 0 Å². The fraction of sp³-hybridized carbons (Fsp3) is 0.500. The van der Waals surface area contributed by atoms with Gasteiger partial charge in [0.05, 0.1) is 4.90 Å². The lowest BCUT2D eigenvalue weighted by Gasteiger charge is -2.26. The van der Waals surface area contributed by atoms with Crippen LogP contribution in [0.3, 0.4) is 0 Å². The molecule has 0 unspecified atom stereocenters. The number of sulfonamides is 1. The second-order valence-electron chi connectivity index (χ2n) is 5.22. The Labute approximate surface area is 131 Å². The lowest BCUT2D eigenvalue weighted by atomic mass is 10.1. The van der Waals surface area contributed by atoms with E-state index < -0.39 is 10.0 Å². The average Bonchev–Trinajstić information content (AvgIpc) is 2.36. The first-order chi connectivity index (χ1) is 9.59. The van der Waals surface area contributed by atoms with E-state index in [0.29, 0.717) is 12.1 Å². The van der Waals surface area contributed by atoms with Crippen molar-refractivity contribution < 1.29 is 13.2 Å². The second kappa shape index (κ2) is 6.77. The van der Waals surface area contributed by atoms with Gasteiger partial charge in [-0.05, 0) is 44.9 Å². The largest absolute Gasteiger partial charge is 0.336 e. The summed E-state index contributed by atoms with van der Waals surface area (Å²) in [5.74, 6) is -0.251. The highest BCUT2D eigenvalue weighted by Gasteiger charge is 2.22. The number of halogens is 1. The molecule has 0 heterocycles. The first-order valence-electron chi connectivity index (χ1n) is 6.73. The van der Waals surface area contributed by atoms with Crippen molar-refractivity contribution in [3.63, 3.8) is 0 Å². The van der Waals surface area contributed by atoms with E-state index in [4.69, 9.17) is 16.7 Å². The van der Waals surface area contributed by atoms with Crippen LogP contribution in [0.5, 0.6) is 0 Å². The third-order valence-corrected chi connectivity index (χ3v) is 4.63. The number of hydrogen-bond donors (Lipinski definition) is 1. The molecule has 0 aliphatic carbocycles. The Balaban J connectivity index is 3.38. The molecule has 0 aliphatic heterocycles. The molecule has 0 atom stereocenters. The number of primary sulfonamides is 1. The summed E-state index contributed by atoms with van der Waals surface area (Å²) in [6, 6.07) is 2.79. The Kier molecular flexibility index (Phi) is 5.78. The molecule has 0 saturated heterocycles. The van der Waals surface area contributed by atoms with Gasteiger partial charge in [-0.15, -0.1) is 0 Å². The van der Waals surface area contributed by atoms with Crippen LogP contribution < -0.4 is 5.14 Å². The quantitative estimate of drug-likeness (QED) is 0.899. The zero-order valence-electron chi connectivity index (χ0n) is 12.7. The molecule has 0 fully saturated rings. The number of carbonyl (C=O) groups excluding carboxylic acids is 1. The van der Waals surface area contributed by atoms with Gasteiger partial charge < -0.3 is 4.90 Å². The molecule has 1 aromatic carbocycles. The topological polar surface area (TPSA) is 80.5 Å². The fourth-order valence-electron chi connectivity index (χ4n) is 2.07. The highest BCUT2D eigenvalue weighted by Crippen LogP contribution is 2.25. The molecule has 0 aromatic heterocycles. The smallest absolute Gasteiger partial charge is 0.254 e. The summed E-state index contributed by atoms with van der Waals surface area (Å²) >= 11 is 6.04. The standard InChI is InChI=1S/C14H21ClN2O3S/c1-5-6-17(9(2)3)14(18)11-7-12(15)10(4)13(8-11)21(16,19)20/h7-9H,5-6H2,1-4H3,(H2,16,19,20). The van der Waals surface area contributed by atoms with Crippen molar-refractivity contribution in [1.29, 1.82) is 0 Å². The maximum Gasteiger partial charge on any atom is 0.254 e. The van der Waals surface area contributed by atoms with E-state index in [0.717, 1.165) is 6.42 Å². The van der Waals surface area contributed by atoms with E-state index >= 15 is 0 Å². The first kappa shape index (κ1) is 17.9. The van der Waals surface area contributed by atoms with Gasteiger partial charge in [-0.3, -0.25) is 4.79 Å². The van der Waals surface area contributed by atoms with E-state index in [-0.39, 0.29) is 27.4 Å². The van der Waals surface area contributed by atoms with Crippen molar-refractivity contribution in [2.24, 2.45) is 5.14 Å². The number of hydrogen-bond acceptors (Lipinski definition) is 3. The minimum atomic E-state index is -3.93. The average molecular weight is 333 g/mol. The summed E-state index contributed by atoms with van der Waals surface area (Å²) in [5, 5.41) is 5.39. The van der Waals surface area contributed by atoms with Crippen LogP contribution in [0.1, 0.15) is 43.1 Å². The van der Waals surface area contributed by atoms with E-state index in [1.54, 1.807) is 11.8 Å². The molecule has 7 heteroatoms. The summed E-state index contributed by atoms with van der Waals surface area (Å²) in [7, 11) is -3.93. The molecule has 0 bridgehead atoms. The minimum absolute atomic E-state index is 0.00969. The van der Waals surface area contributed by atoms with Gasteiger partial charge in [-0.2, -0.15) is 0 Å². The summed E-state index contributed by atoms with van der Waals surface area (Å²) in [5.41, 5.74) is 0.582. The predicted octanol–water partition coefficient (Wildman–Crippen LogP) is 2.56. The summed E-state index contributed by atoms with van der Waals surface area (Å²) < 4.78 is 23.2. The van der Waals surface area contributed by atoms with E-state index in [2.05, 4.69) is 0 Å². The number of rotatable bonds is 5. The highest BCUT2D eigenvalue weighted by molar-refractivity contribution is 7.89. The van der Waals surface area contributed by atoms with E-state index in [9.17, 15) is 13.2 Å². The molecule has 0 aliphatic rings. The number of benzene rings is 1. The molecule has 0 saturated carbocycles. The first-order valence-corrected chi connectivity index (χ1v) is 8.66. The fourth-order valence-corrected chi connectivity index (χ4v) is 3.18. The lowest BCUT2D eigenvalue weighted by Crippen LogP contribution is -2.37. The molecule has 1 aromatic rings. The molecule has 1 amide bonds. The van der Waals surface area contributed by atoms with Gasteiger partial charge in [-0.1, -0.05) is 18.5 Å². The molecular formula is C14H21ClN2O3S. The summed E-state index contributed by atoms with van der Waals surface area (Å²) in [6.45, 7) is 7.93. The number of nitrogens with zero attached hydrogens (tertiary/aromatic N) is 1. The minimum Gasteiger partial charge on any atom is -0.336 e. The monoisotopic (exact) mass is 332 g/mol. The summed E-state index contributed by atoms with van der Waals surface area (Å²) in [4.78, 5) is 14.1. The Morgan fingerprint density at radius 1 is 1.38 bits per heavy atom. The molecule has 21 heavy (non-hydrogen) atoms. The van der Waals surface area contributed by atoms with Crippen LogP contribution >= 0.6 is 11.6 Å². The van der Waals surface area contributed by atoms with Gasteiger partial charge in [-0.25, -0.2) is 13.6 Å². The molecule has 118 valence electrons. The Morgan fingerprint density at radius 2 is 1.95 bits per heavy atom. The number of nitrogens with two attached hydrogens (primary N) is 1. The summed E-state index contributed by atoms with van der Waals surface area (Å²) in [6.07, 6.45) is 0.811. The second-order valence-corrected chi connectivity index (χ2v) is 7.16. The van der Waals surface area contributed by atoms with Gasteiger partial charge in [0, 0.05) is 23.2 Å². The third kappa shape index (κ3) is 4.18. The molecule has 1 rings (SSSR count). The van der Waals surface area contributed by atoms with Crippen LogP contribution in [0.4, 0.5) is 0 Å². The SMILES string of the molecule is CCCN(C(=O)c1cc(Cl)c(C)c(S(N)(=O)=O)c1)C(C)C. The van der Waals surface area contributed by atoms with Gasteiger partial charge in [0.15, 0.2) is 0 Å². The van der Waals surface area contributed by atoms with E-state index in [1.807, 2.05) is 20.8 Å². The van der Waals surface area contributed by atoms with Crippen molar-refractivity contribution >= 4 is 27.5 Å². The Morgan fingerprint density at radius 3 is 2.38 bits per heavy atom. The van der Waals surface area contributed by atoms with Crippen LogP contribution in [-0.2, 0) is 10.0 Å². The number of carbonyl (C=O) groups is 1. The van der Waals surface area contributed by atoms with Crippen molar-refractivity contribution in [2.75, 3.05) is 6.54 Å². The maximum atomic E-state index is 12.6. The molecule has 2 N–H and O–H groups in total. The van der Waals surface area contributed by atoms with Gasteiger partial charge in [0.2, 0.25) is 10.0 Å². The zero-order valence-corrected chi connectivity index (χ0v) is 14.3. The van der Waals surface area contributed by atoms with Crippen molar-refractivity contribution in [1.82, 2.24) is 4.90 Å². The van der Waals surface area contributed by atoms with E-state index in [1.165, 1.54) is 12.1 Å². The third-order valence-electron chi connectivity index (χ3n) is 3.20. The van der Waals surface area contributed by atoms with Crippen molar-refractivity contribution in [3.05, 3.63) is 28.3 Å². The molecule has 0 radical (unpaired) electrons. The van der Waals surface area contributed by atoms with Crippen LogP contribution in [0.15, 0.2) is 17.0 Å². The maximum absolute atomic E-state index is 12.6. The molecule has 5 nitrogen and oxygen atoms in total. The highest BCUT2D eigenvalue weighted by atomic mass is 35.5. The predicted molar refractivity (Wildman–Crippen MR) is 84.0 cm³/mol. The zero-order chi connectivity index (χ0) is 16.4. The Bertz CT molecular complexity index is 642. The lowest BCUT2D eigenvalue weighted by molar-refractivity contribution is 0.0705. The van der Waals surface area contributed by atoms with Crippen LogP contribution in [-0.4, -0.2) is 31.8 Å². The van der Waals surface area contributed by atoms with Crippen molar-refractivity contribution in [2.45, 2.75) is 45.1 Å². The normalized spacial score (nSPS) is 11.8. The van der Waals surface area contributed by atoms with Crippen LogP contribution in [0, 0.1) is 6.92 Å². The molecule has 0 spiro atoms.